The van der Waals surface area contributed by atoms with E-state index in [4.69, 9.17) is 10.5 Å². The van der Waals surface area contributed by atoms with Gasteiger partial charge in [-0.1, -0.05) is 18.2 Å². The molecule has 0 fully saturated rings. The van der Waals surface area contributed by atoms with E-state index in [1.807, 2.05) is 6.07 Å². The number of carbonyl (C=O) groups excluding carboxylic acids is 2. The third-order valence-corrected chi connectivity index (χ3v) is 5.50. The number of ether oxygens (including phenoxy) is 1. The van der Waals surface area contributed by atoms with Crippen LogP contribution in [0.3, 0.4) is 0 Å². The van der Waals surface area contributed by atoms with Crippen molar-refractivity contribution >= 4 is 34.8 Å². The molecular formula is C24H21N3O5. The zero-order valence-electron chi connectivity index (χ0n) is 17.4. The maximum absolute atomic E-state index is 12.8. The Labute approximate surface area is 184 Å². The summed E-state index contributed by atoms with van der Waals surface area (Å²) in [4.78, 5) is 35.7. The topological polar surface area (TPSA) is 131 Å². The number of hydrogen-bond donors (Lipinski definition) is 4. The number of carbonyl (C=O) groups is 3. The summed E-state index contributed by atoms with van der Waals surface area (Å²) in [6, 6.07) is 15.5. The summed E-state index contributed by atoms with van der Waals surface area (Å²) in [5, 5.41) is 15.4. The molecule has 2 amide bonds. The second kappa shape index (κ2) is 8.07. The highest BCUT2D eigenvalue weighted by Crippen LogP contribution is 2.37. The lowest BCUT2D eigenvalue weighted by Gasteiger charge is -2.13. The van der Waals surface area contributed by atoms with Crippen LogP contribution in [0.5, 0.6) is 5.75 Å². The van der Waals surface area contributed by atoms with Gasteiger partial charge in [0.15, 0.2) is 0 Å². The van der Waals surface area contributed by atoms with Gasteiger partial charge in [-0.3, -0.25) is 14.4 Å². The molecule has 4 rings (SSSR count). The van der Waals surface area contributed by atoms with Crippen LogP contribution in [-0.2, 0) is 4.79 Å². The van der Waals surface area contributed by atoms with Gasteiger partial charge in [0.1, 0.15) is 5.75 Å². The molecule has 0 saturated heterocycles. The summed E-state index contributed by atoms with van der Waals surface area (Å²) in [6.45, 7) is 1.59. The lowest BCUT2D eigenvalue weighted by molar-refractivity contribution is -0.138. The molecule has 0 spiro atoms. The van der Waals surface area contributed by atoms with Gasteiger partial charge in [-0.15, -0.1) is 0 Å². The monoisotopic (exact) mass is 431 g/mol. The van der Waals surface area contributed by atoms with Crippen LogP contribution >= 0.6 is 0 Å². The van der Waals surface area contributed by atoms with Crippen LogP contribution in [0.25, 0.3) is 11.1 Å². The lowest BCUT2D eigenvalue weighted by atomic mass is 9.99. The quantitative estimate of drug-likeness (QED) is 0.484. The highest BCUT2D eigenvalue weighted by Gasteiger charge is 2.22. The maximum Gasteiger partial charge on any atom is 0.310 e. The molecule has 1 aliphatic heterocycles. The Morgan fingerprint density at radius 2 is 1.66 bits per heavy atom. The van der Waals surface area contributed by atoms with Crippen molar-refractivity contribution in [2.24, 2.45) is 5.73 Å². The fourth-order valence-corrected chi connectivity index (χ4v) is 3.62. The predicted octanol–water partition coefficient (Wildman–Crippen LogP) is 3.96. The number of carboxylic acids is 1. The molecule has 1 atom stereocenters. The van der Waals surface area contributed by atoms with Gasteiger partial charge in [0.05, 0.1) is 41.2 Å². The summed E-state index contributed by atoms with van der Waals surface area (Å²) in [7, 11) is 1.46. The lowest BCUT2D eigenvalue weighted by Crippen LogP contribution is -2.12. The van der Waals surface area contributed by atoms with E-state index >= 15 is 0 Å². The molecule has 3 aromatic carbocycles. The number of carboxylic acid groups (broad SMARTS) is 1. The van der Waals surface area contributed by atoms with Gasteiger partial charge in [-0.2, -0.15) is 0 Å². The molecule has 0 aromatic heterocycles. The van der Waals surface area contributed by atoms with Crippen LogP contribution in [0.15, 0.2) is 54.6 Å². The predicted molar refractivity (Wildman–Crippen MR) is 121 cm³/mol. The highest BCUT2D eigenvalue weighted by atomic mass is 16.5. The Morgan fingerprint density at radius 1 is 0.938 bits per heavy atom. The third kappa shape index (κ3) is 3.74. The van der Waals surface area contributed by atoms with Crippen LogP contribution in [0.4, 0.5) is 17.1 Å². The number of rotatable bonds is 5. The number of amides is 2. The molecule has 1 aliphatic rings. The molecule has 0 bridgehead atoms. The number of anilines is 3. The minimum Gasteiger partial charge on any atom is -0.496 e. The summed E-state index contributed by atoms with van der Waals surface area (Å²) in [5.41, 5.74) is 10.0. The van der Waals surface area contributed by atoms with E-state index in [-0.39, 0.29) is 11.5 Å². The first-order valence-corrected chi connectivity index (χ1v) is 9.86. The van der Waals surface area contributed by atoms with Crippen molar-refractivity contribution in [2.75, 3.05) is 17.7 Å². The Hall–Kier alpha value is -4.33. The molecule has 32 heavy (non-hydrogen) atoms. The zero-order valence-corrected chi connectivity index (χ0v) is 17.4. The SMILES string of the molecule is COc1cc(-c2ccc3c(c2)Nc2ccc(C(C)C(=O)O)cc2NC3=O)ccc1C(N)=O. The van der Waals surface area contributed by atoms with Crippen molar-refractivity contribution in [2.45, 2.75) is 12.8 Å². The number of benzene rings is 3. The first-order chi connectivity index (χ1) is 15.3. The van der Waals surface area contributed by atoms with Gasteiger partial charge in [-0.05, 0) is 60.0 Å². The maximum atomic E-state index is 12.8. The van der Waals surface area contributed by atoms with Crippen molar-refractivity contribution in [3.05, 3.63) is 71.3 Å². The Morgan fingerprint density at radius 3 is 2.34 bits per heavy atom. The molecule has 8 heteroatoms. The molecule has 5 N–H and O–H groups in total. The largest absolute Gasteiger partial charge is 0.496 e. The van der Waals surface area contributed by atoms with Crippen molar-refractivity contribution in [3.63, 3.8) is 0 Å². The van der Waals surface area contributed by atoms with Gasteiger partial charge < -0.3 is 26.2 Å². The zero-order chi connectivity index (χ0) is 23.0. The number of fused-ring (bicyclic) bond motifs is 2. The van der Waals surface area contributed by atoms with E-state index in [1.54, 1.807) is 55.5 Å². The van der Waals surface area contributed by atoms with Gasteiger partial charge in [0.2, 0.25) is 0 Å². The fraction of sp³-hybridized carbons (Fsp3) is 0.125. The summed E-state index contributed by atoms with van der Waals surface area (Å²) in [6.07, 6.45) is 0. The van der Waals surface area contributed by atoms with Crippen LogP contribution < -0.4 is 21.1 Å². The summed E-state index contributed by atoms with van der Waals surface area (Å²) < 4.78 is 5.29. The van der Waals surface area contributed by atoms with Gasteiger partial charge in [0, 0.05) is 0 Å². The third-order valence-electron chi connectivity index (χ3n) is 5.50. The van der Waals surface area contributed by atoms with Crippen molar-refractivity contribution in [1.29, 1.82) is 0 Å². The first-order valence-electron chi connectivity index (χ1n) is 9.86. The van der Waals surface area contributed by atoms with E-state index in [0.29, 0.717) is 33.9 Å². The standard InChI is InChI=1S/C24H21N3O5/c1-12(24(30)31)13-5-8-18-20(9-13)27-23(29)16-6-3-14(10-19(16)26-18)15-4-7-17(22(25)28)21(11-15)32-2/h3-12,26H,1-2H3,(H2,25,28)(H,27,29)(H,30,31). The van der Waals surface area contributed by atoms with E-state index < -0.39 is 17.8 Å². The van der Waals surface area contributed by atoms with Crippen LogP contribution in [0.1, 0.15) is 39.1 Å². The van der Waals surface area contributed by atoms with Crippen LogP contribution in [0, 0.1) is 0 Å². The van der Waals surface area contributed by atoms with Crippen molar-refractivity contribution in [3.8, 4) is 16.9 Å². The van der Waals surface area contributed by atoms with E-state index in [1.165, 1.54) is 7.11 Å². The molecule has 0 aliphatic carbocycles. The van der Waals surface area contributed by atoms with Crippen LogP contribution in [-0.4, -0.2) is 30.0 Å². The normalized spacial score (nSPS) is 13.0. The molecule has 3 aromatic rings. The highest BCUT2D eigenvalue weighted by molar-refractivity contribution is 6.12. The molecule has 0 radical (unpaired) electrons. The molecule has 0 saturated carbocycles. The number of aliphatic carboxylic acids is 1. The molecular weight excluding hydrogens is 410 g/mol. The average molecular weight is 431 g/mol. The fourth-order valence-electron chi connectivity index (χ4n) is 3.62. The summed E-state index contributed by atoms with van der Waals surface area (Å²) >= 11 is 0. The smallest absolute Gasteiger partial charge is 0.310 e. The Kier molecular flexibility index (Phi) is 5.28. The Balaban J connectivity index is 1.74. The number of nitrogens with one attached hydrogen (secondary N) is 2. The van der Waals surface area contributed by atoms with Gasteiger partial charge in [0.25, 0.3) is 11.8 Å². The minimum atomic E-state index is -0.941. The molecule has 1 unspecified atom stereocenters. The number of hydrogen-bond acceptors (Lipinski definition) is 5. The number of primary amides is 1. The van der Waals surface area contributed by atoms with E-state index in [9.17, 15) is 19.5 Å². The average Bonchev–Trinajstić information content (AvgIpc) is 2.92. The van der Waals surface area contributed by atoms with E-state index in [0.717, 1.165) is 11.1 Å². The molecule has 1 heterocycles. The van der Waals surface area contributed by atoms with Crippen molar-refractivity contribution < 1.29 is 24.2 Å². The molecule has 8 nitrogen and oxygen atoms in total. The number of methoxy groups -OCH3 is 1. The van der Waals surface area contributed by atoms with Crippen molar-refractivity contribution in [1.82, 2.24) is 0 Å². The summed E-state index contributed by atoms with van der Waals surface area (Å²) in [5.74, 6) is -2.17. The van der Waals surface area contributed by atoms with Gasteiger partial charge >= 0.3 is 5.97 Å². The number of nitrogens with two attached hydrogens (primary N) is 1. The van der Waals surface area contributed by atoms with Gasteiger partial charge in [-0.25, -0.2) is 0 Å². The van der Waals surface area contributed by atoms with Crippen LogP contribution in [0.2, 0.25) is 0 Å². The second-order valence-corrected chi connectivity index (χ2v) is 7.48. The second-order valence-electron chi connectivity index (χ2n) is 7.48. The first kappa shape index (κ1) is 20.9. The minimum absolute atomic E-state index is 0.281. The Bertz CT molecular complexity index is 1270. The van der Waals surface area contributed by atoms with E-state index in [2.05, 4.69) is 10.6 Å². The molecule has 162 valence electrons.